The molecule has 108 valence electrons. The van der Waals surface area contributed by atoms with E-state index < -0.39 is 10.0 Å². The van der Waals surface area contributed by atoms with Gasteiger partial charge in [0.15, 0.2) is 0 Å². The largest absolute Gasteiger partial charge is 0.383 e. The molecule has 0 aliphatic carbocycles. The van der Waals surface area contributed by atoms with Crippen molar-refractivity contribution in [1.29, 1.82) is 0 Å². The number of sulfonamides is 1. The summed E-state index contributed by atoms with van der Waals surface area (Å²) in [6.07, 6.45) is 0. The minimum absolute atomic E-state index is 0.143. The lowest BCUT2D eigenvalue weighted by Crippen LogP contribution is -2.30. The molecule has 1 heterocycles. The van der Waals surface area contributed by atoms with E-state index in [9.17, 15) is 13.2 Å². The number of ether oxygens (including phenoxy) is 1. The molecule has 0 radical (unpaired) electrons. The molecule has 0 aromatic heterocycles. The van der Waals surface area contributed by atoms with E-state index in [1.54, 1.807) is 18.2 Å². The highest BCUT2D eigenvalue weighted by atomic mass is 32.2. The highest BCUT2D eigenvalue weighted by Crippen LogP contribution is 2.21. The van der Waals surface area contributed by atoms with Crippen LogP contribution in [0.5, 0.6) is 0 Å². The number of carbonyl (C=O) groups excluding carboxylic acids is 1. The molecule has 7 nitrogen and oxygen atoms in total. The Bertz CT molecular complexity index is 640. The Morgan fingerprint density at radius 2 is 2.15 bits per heavy atom. The Hall–Kier alpha value is -1.93. The number of fused-ring (bicyclic) bond motifs is 1. The monoisotopic (exact) mass is 297 g/mol. The average molecular weight is 297 g/mol. The molecular weight excluding hydrogens is 282 g/mol. The van der Waals surface area contributed by atoms with Crippen LogP contribution in [0.1, 0.15) is 5.56 Å². The summed E-state index contributed by atoms with van der Waals surface area (Å²) in [5, 5.41) is 2.60. The summed E-state index contributed by atoms with van der Waals surface area (Å²) < 4.78 is 30.8. The Labute approximate surface area is 117 Å². The van der Waals surface area contributed by atoms with E-state index in [0.29, 0.717) is 18.7 Å². The fraction of sp³-hybridized carbons (Fsp3) is 0.333. The number of hydrogen-bond acceptors (Lipinski definition) is 5. The van der Waals surface area contributed by atoms with Gasteiger partial charge in [-0.25, -0.2) is 8.42 Å². The first-order valence-corrected chi connectivity index (χ1v) is 7.45. The van der Waals surface area contributed by atoms with Crippen molar-refractivity contribution in [2.45, 2.75) is 4.90 Å². The topological polar surface area (TPSA) is 96.9 Å². The number of methoxy groups -OCH3 is 1. The third-order valence-electron chi connectivity index (χ3n) is 2.67. The van der Waals surface area contributed by atoms with Gasteiger partial charge in [0.1, 0.15) is 12.4 Å². The van der Waals surface area contributed by atoms with Gasteiger partial charge < -0.3 is 10.1 Å². The lowest BCUT2D eigenvalue weighted by Gasteiger charge is -2.02. The Kier molecular flexibility index (Phi) is 4.35. The van der Waals surface area contributed by atoms with E-state index in [0.717, 1.165) is 0 Å². The number of rotatable bonds is 5. The van der Waals surface area contributed by atoms with Gasteiger partial charge in [-0.3, -0.25) is 14.5 Å². The molecule has 1 aromatic rings. The fourth-order valence-electron chi connectivity index (χ4n) is 1.75. The molecule has 2 rings (SSSR count). The lowest BCUT2D eigenvalue weighted by atomic mass is 10.2. The standard InChI is InChI=1S/C12H15N3O4S/c1-19-7-6-13-11(16)8-14-12-9-4-2-3-5-10(9)20(17,18)15-12/h2-5H,6-8H2,1H3,(H,13,16)(H,14,15). The molecule has 0 spiro atoms. The predicted octanol–water partition coefficient (Wildman–Crippen LogP) is -0.512. The van der Waals surface area contributed by atoms with Crippen LogP contribution in [0.2, 0.25) is 0 Å². The van der Waals surface area contributed by atoms with Crippen molar-refractivity contribution in [3.8, 4) is 0 Å². The smallest absolute Gasteiger partial charge is 0.263 e. The summed E-state index contributed by atoms with van der Waals surface area (Å²) in [5.41, 5.74) is 0.484. The van der Waals surface area contributed by atoms with E-state index in [4.69, 9.17) is 4.74 Å². The number of nitrogens with zero attached hydrogens (tertiary/aromatic N) is 1. The van der Waals surface area contributed by atoms with E-state index >= 15 is 0 Å². The van der Waals surface area contributed by atoms with Crippen molar-refractivity contribution in [1.82, 2.24) is 10.0 Å². The van der Waals surface area contributed by atoms with Gasteiger partial charge in [-0.2, -0.15) is 0 Å². The summed E-state index contributed by atoms with van der Waals surface area (Å²) in [6.45, 7) is 0.663. The summed E-state index contributed by atoms with van der Waals surface area (Å²) in [4.78, 5) is 15.7. The van der Waals surface area contributed by atoms with E-state index in [2.05, 4.69) is 15.0 Å². The first-order chi connectivity index (χ1) is 9.54. The van der Waals surface area contributed by atoms with Crippen LogP contribution in [0.25, 0.3) is 0 Å². The summed E-state index contributed by atoms with van der Waals surface area (Å²) in [6, 6.07) is 6.50. The lowest BCUT2D eigenvalue weighted by molar-refractivity contribution is -0.119. The van der Waals surface area contributed by atoms with Crippen LogP contribution in [0.3, 0.4) is 0 Å². The van der Waals surface area contributed by atoms with Crippen LogP contribution in [0, 0.1) is 0 Å². The second-order valence-corrected chi connectivity index (χ2v) is 5.76. The molecule has 0 unspecified atom stereocenters. The zero-order valence-electron chi connectivity index (χ0n) is 10.9. The van der Waals surface area contributed by atoms with Crippen molar-refractivity contribution in [3.63, 3.8) is 0 Å². The second kappa shape index (κ2) is 6.02. The van der Waals surface area contributed by atoms with Gasteiger partial charge in [0.25, 0.3) is 10.0 Å². The maximum atomic E-state index is 11.8. The molecular formula is C12H15N3O4S. The summed E-state index contributed by atoms with van der Waals surface area (Å²) >= 11 is 0. The number of carbonyl (C=O) groups is 1. The van der Waals surface area contributed by atoms with E-state index in [-0.39, 0.29) is 23.2 Å². The molecule has 0 atom stereocenters. The highest BCUT2D eigenvalue weighted by molar-refractivity contribution is 7.90. The molecule has 1 aliphatic heterocycles. The Morgan fingerprint density at radius 3 is 2.90 bits per heavy atom. The number of amides is 1. The van der Waals surface area contributed by atoms with Crippen LogP contribution in [0.4, 0.5) is 0 Å². The predicted molar refractivity (Wildman–Crippen MR) is 73.1 cm³/mol. The first-order valence-electron chi connectivity index (χ1n) is 5.97. The van der Waals surface area contributed by atoms with Crippen molar-refractivity contribution in [3.05, 3.63) is 29.8 Å². The second-order valence-electron chi connectivity index (χ2n) is 4.11. The van der Waals surface area contributed by atoms with Crippen molar-refractivity contribution >= 4 is 21.8 Å². The molecule has 0 bridgehead atoms. The zero-order chi connectivity index (χ0) is 14.6. The third-order valence-corrected chi connectivity index (χ3v) is 4.07. The van der Waals surface area contributed by atoms with Crippen LogP contribution >= 0.6 is 0 Å². The first kappa shape index (κ1) is 14.5. The van der Waals surface area contributed by atoms with Gasteiger partial charge in [-0.1, -0.05) is 12.1 Å². The number of amidine groups is 1. The van der Waals surface area contributed by atoms with Gasteiger partial charge >= 0.3 is 0 Å². The minimum Gasteiger partial charge on any atom is -0.383 e. The maximum Gasteiger partial charge on any atom is 0.263 e. The molecule has 1 amide bonds. The van der Waals surface area contributed by atoms with Crippen LogP contribution in [-0.4, -0.2) is 47.0 Å². The van der Waals surface area contributed by atoms with Crippen LogP contribution in [-0.2, 0) is 19.6 Å². The van der Waals surface area contributed by atoms with Crippen molar-refractivity contribution in [2.24, 2.45) is 4.99 Å². The van der Waals surface area contributed by atoms with E-state index in [1.807, 2.05) is 0 Å². The minimum atomic E-state index is -3.56. The van der Waals surface area contributed by atoms with Crippen LogP contribution < -0.4 is 10.0 Å². The third kappa shape index (κ3) is 3.14. The normalized spacial score (nSPS) is 17.6. The van der Waals surface area contributed by atoms with Gasteiger partial charge in [0.05, 0.1) is 11.5 Å². The molecule has 20 heavy (non-hydrogen) atoms. The van der Waals surface area contributed by atoms with Gasteiger partial charge in [-0.15, -0.1) is 0 Å². The molecule has 0 saturated heterocycles. The average Bonchev–Trinajstić information content (AvgIpc) is 2.69. The van der Waals surface area contributed by atoms with Crippen molar-refractivity contribution in [2.75, 3.05) is 26.8 Å². The zero-order valence-corrected chi connectivity index (χ0v) is 11.7. The van der Waals surface area contributed by atoms with Crippen molar-refractivity contribution < 1.29 is 17.9 Å². The molecule has 0 saturated carbocycles. The molecule has 0 fully saturated rings. The number of hydrogen-bond donors (Lipinski definition) is 2. The van der Waals surface area contributed by atoms with Gasteiger partial charge in [0, 0.05) is 19.2 Å². The molecule has 1 aliphatic rings. The van der Waals surface area contributed by atoms with Gasteiger partial charge in [-0.05, 0) is 12.1 Å². The van der Waals surface area contributed by atoms with Crippen LogP contribution in [0.15, 0.2) is 34.2 Å². The Morgan fingerprint density at radius 1 is 1.40 bits per heavy atom. The fourth-order valence-corrected chi connectivity index (χ4v) is 3.00. The molecule has 8 heteroatoms. The van der Waals surface area contributed by atoms with Gasteiger partial charge in [0.2, 0.25) is 5.91 Å². The Balaban J connectivity index is 2.08. The number of nitrogens with one attached hydrogen (secondary N) is 2. The summed E-state index contributed by atoms with van der Waals surface area (Å²) in [5.74, 6) is -0.0966. The van der Waals surface area contributed by atoms with E-state index in [1.165, 1.54) is 13.2 Å². The quantitative estimate of drug-likeness (QED) is 0.715. The summed E-state index contributed by atoms with van der Waals surface area (Å²) in [7, 11) is -2.02. The SMILES string of the molecule is COCCNC(=O)CN=C1NS(=O)(=O)c2ccccc21. The number of benzene rings is 1. The highest BCUT2D eigenvalue weighted by Gasteiger charge is 2.30. The molecule has 2 N–H and O–H groups in total. The molecule has 1 aromatic carbocycles. The number of aliphatic imine (C=N–C) groups is 1. The maximum absolute atomic E-state index is 11.8.